The maximum absolute atomic E-state index is 9.30. The fraction of sp³-hybridized carbons (Fsp3) is 0.273. The maximum atomic E-state index is 9.30. The van der Waals surface area contributed by atoms with Crippen LogP contribution in [0, 0.1) is 0 Å². The minimum atomic E-state index is -0.338. The third-order valence-corrected chi connectivity index (χ3v) is 2.62. The van der Waals surface area contributed by atoms with Crippen molar-refractivity contribution in [3.8, 4) is 0 Å². The van der Waals surface area contributed by atoms with Gasteiger partial charge in [0, 0.05) is 21.8 Å². The van der Waals surface area contributed by atoms with Gasteiger partial charge in [-0.1, -0.05) is 15.9 Å². The van der Waals surface area contributed by atoms with Crippen LogP contribution in [0.3, 0.4) is 0 Å². The van der Waals surface area contributed by atoms with Gasteiger partial charge in [-0.15, -0.1) is 0 Å². The molecule has 0 aliphatic rings. The van der Waals surface area contributed by atoms with E-state index in [4.69, 9.17) is 4.42 Å². The number of aliphatic hydroxyl groups is 1. The SMILES string of the molecule is CC(O)Cc1coc2ccc(Br)cc12. The van der Waals surface area contributed by atoms with Crippen molar-refractivity contribution < 1.29 is 9.52 Å². The largest absolute Gasteiger partial charge is 0.464 e. The molecule has 0 bridgehead atoms. The van der Waals surface area contributed by atoms with E-state index in [2.05, 4.69) is 15.9 Å². The molecule has 0 aliphatic carbocycles. The van der Waals surface area contributed by atoms with E-state index >= 15 is 0 Å². The van der Waals surface area contributed by atoms with Gasteiger partial charge in [0.05, 0.1) is 12.4 Å². The van der Waals surface area contributed by atoms with Gasteiger partial charge in [-0.05, 0) is 25.1 Å². The molecule has 0 radical (unpaired) electrons. The Labute approximate surface area is 90.7 Å². The van der Waals surface area contributed by atoms with Gasteiger partial charge in [-0.2, -0.15) is 0 Å². The van der Waals surface area contributed by atoms with Crippen LogP contribution in [0.25, 0.3) is 11.0 Å². The van der Waals surface area contributed by atoms with Crippen molar-refractivity contribution in [2.75, 3.05) is 0 Å². The molecule has 0 amide bonds. The van der Waals surface area contributed by atoms with Crippen molar-refractivity contribution in [3.05, 3.63) is 34.5 Å². The molecule has 1 atom stereocenters. The molecule has 0 aliphatic heterocycles. The van der Waals surface area contributed by atoms with E-state index in [1.807, 2.05) is 18.2 Å². The molecule has 1 aromatic carbocycles. The average Bonchev–Trinajstić information content (AvgIpc) is 2.47. The molecule has 1 N–H and O–H groups in total. The lowest BCUT2D eigenvalue weighted by Gasteiger charge is -2.00. The standard InChI is InChI=1S/C11H11BrO2/c1-7(13)4-8-6-14-11-3-2-9(12)5-10(8)11/h2-3,5-7,13H,4H2,1H3. The Kier molecular flexibility index (Phi) is 2.61. The minimum absolute atomic E-state index is 0.338. The number of fused-ring (bicyclic) bond motifs is 1. The molecule has 1 aromatic heterocycles. The fourth-order valence-electron chi connectivity index (χ4n) is 1.53. The van der Waals surface area contributed by atoms with Gasteiger partial charge < -0.3 is 9.52 Å². The Balaban J connectivity index is 2.50. The summed E-state index contributed by atoms with van der Waals surface area (Å²) in [6.45, 7) is 1.77. The Hall–Kier alpha value is -0.800. The van der Waals surface area contributed by atoms with Crippen LogP contribution < -0.4 is 0 Å². The summed E-state index contributed by atoms with van der Waals surface area (Å²) in [5.74, 6) is 0. The van der Waals surface area contributed by atoms with Gasteiger partial charge >= 0.3 is 0 Å². The smallest absolute Gasteiger partial charge is 0.134 e. The van der Waals surface area contributed by atoms with Crippen LogP contribution in [-0.4, -0.2) is 11.2 Å². The number of furan rings is 1. The summed E-state index contributed by atoms with van der Waals surface area (Å²) in [7, 11) is 0. The number of benzene rings is 1. The highest BCUT2D eigenvalue weighted by molar-refractivity contribution is 9.10. The van der Waals surface area contributed by atoms with Crippen LogP contribution in [0.1, 0.15) is 12.5 Å². The first-order chi connectivity index (χ1) is 6.66. The highest BCUT2D eigenvalue weighted by Crippen LogP contribution is 2.25. The molecule has 1 heterocycles. The van der Waals surface area contributed by atoms with Gasteiger partial charge in [-0.3, -0.25) is 0 Å². The van der Waals surface area contributed by atoms with E-state index in [-0.39, 0.29) is 6.10 Å². The second kappa shape index (κ2) is 3.75. The topological polar surface area (TPSA) is 33.4 Å². The molecule has 3 heteroatoms. The molecule has 2 rings (SSSR count). The molecule has 2 nitrogen and oxygen atoms in total. The molecule has 2 aromatic rings. The van der Waals surface area contributed by atoms with E-state index in [1.54, 1.807) is 13.2 Å². The average molecular weight is 255 g/mol. The molecule has 0 saturated carbocycles. The van der Waals surface area contributed by atoms with Crippen molar-refractivity contribution >= 4 is 26.9 Å². The normalized spacial score (nSPS) is 13.4. The molecular formula is C11H11BrO2. The zero-order valence-corrected chi connectivity index (χ0v) is 9.41. The third-order valence-electron chi connectivity index (χ3n) is 2.13. The molecule has 1 unspecified atom stereocenters. The lowest BCUT2D eigenvalue weighted by atomic mass is 10.1. The highest BCUT2D eigenvalue weighted by atomic mass is 79.9. The Morgan fingerprint density at radius 2 is 2.29 bits per heavy atom. The van der Waals surface area contributed by atoms with Crippen LogP contribution >= 0.6 is 15.9 Å². The van der Waals surface area contributed by atoms with Crippen LogP contribution in [0.5, 0.6) is 0 Å². The van der Waals surface area contributed by atoms with Crippen LogP contribution in [-0.2, 0) is 6.42 Å². The van der Waals surface area contributed by atoms with Crippen LogP contribution in [0.4, 0.5) is 0 Å². The van der Waals surface area contributed by atoms with Crippen molar-refractivity contribution in [3.63, 3.8) is 0 Å². The molecule has 0 fully saturated rings. The van der Waals surface area contributed by atoms with Crippen molar-refractivity contribution in [2.45, 2.75) is 19.4 Å². The van der Waals surface area contributed by atoms with E-state index in [1.165, 1.54) is 0 Å². The number of hydrogen-bond acceptors (Lipinski definition) is 2. The minimum Gasteiger partial charge on any atom is -0.464 e. The quantitative estimate of drug-likeness (QED) is 0.894. The number of aliphatic hydroxyl groups excluding tert-OH is 1. The van der Waals surface area contributed by atoms with E-state index in [0.717, 1.165) is 21.0 Å². The first-order valence-electron chi connectivity index (χ1n) is 4.50. The highest BCUT2D eigenvalue weighted by Gasteiger charge is 2.08. The summed E-state index contributed by atoms with van der Waals surface area (Å²) in [6, 6.07) is 5.87. The summed E-state index contributed by atoms with van der Waals surface area (Å²) in [5.41, 5.74) is 1.92. The third kappa shape index (κ3) is 1.83. The van der Waals surface area contributed by atoms with Gasteiger partial charge in [0.25, 0.3) is 0 Å². The van der Waals surface area contributed by atoms with Crippen molar-refractivity contribution in [2.24, 2.45) is 0 Å². The monoisotopic (exact) mass is 254 g/mol. The van der Waals surface area contributed by atoms with E-state index < -0.39 is 0 Å². The van der Waals surface area contributed by atoms with Crippen molar-refractivity contribution in [1.82, 2.24) is 0 Å². The maximum Gasteiger partial charge on any atom is 0.134 e. The summed E-state index contributed by atoms with van der Waals surface area (Å²) in [5, 5.41) is 10.4. The van der Waals surface area contributed by atoms with Gasteiger partial charge in [0.15, 0.2) is 0 Å². The fourth-order valence-corrected chi connectivity index (χ4v) is 1.89. The first-order valence-corrected chi connectivity index (χ1v) is 5.30. The summed E-state index contributed by atoms with van der Waals surface area (Å²) in [4.78, 5) is 0. The number of halogens is 1. The van der Waals surface area contributed by atoms with E-state index in [0.29, 0.717) is 6.42 Å². The van der Waals surface area contributed by atoms with Gasteiger partial charge in [0.2, 0.25) is 0 Å². The number of rotatable bonds is 2. The predicted molar refractivity (Wildman–Crippen MR) is 59.3 cm³/mol. The zero-order valence-electron chi connectivity index (χ0n) is 7.83. The molecule has 74 valence electrons. The van der Waals surface area contributed by atoms with Crippen molar-refractivity contribution in [1.29, 1.82) is 0 Å². The van der Waals surface area contributed by atoms with Crippen LogP contribution in [0.2, 0.25) is 0 Å². The lowest BCUT2D eigenvalue weighted by Crippen LogP contribution is -2.03. The molecule has 14 heavy (non-hydrogen) atoms. The first kappa shape index (κ1) is 9.74. The second-order valence-electron chi connectivity index (χ2n) is 3.45. The second-order valence-corrected chi connectivity index (χ2v) is 4.37. The molecular weight excluding hydrogens is 244 g/mol. The zero-order chi connectivity index (χ0) is 10.1. The Morgan fingerprint density at radius 1 is 1.50 bits per heavy atom. The van der Waals surface area contributed by atoms with Crippen LogP contribution in [0.15, 0.2) is 33.4 Å². The van der Waals surface area contributed by atoms with Gasteiger partial charge in [-0.25, -0.2) is 0 Å². The summed E-state index contributed by atoms with van der Waals surface area (Å²) < 4.78 is 6.40. The summed E-state index contributed by atoms with van der Waals surface area (Å²) >= 11 is 3.41. The molecule has 0 saturated heterocycles. The Morgan fingerprint density at radius 3 is 3.00 bits per heavy atom. The van der Waals surface area contributed by atoms with Gasteiger partial charge in [0.1, 0.15) is 5.58 Å². The predicted octanol–water partition coefficient (Wildman–Crippen LogP) is 3.12. The number of hydrogen-bond donors (Lipinski definition) is 1. The van der Waals surface area contributed by atoms with E-state index in [9.17, 15) is 5.11 Å². The summed E-state index contributed by atoms with van der Waals surface area (Å²) in [6.07, 6.45) is 2.00. The Bertz CT molecular complexity index is 445. The molecule has 0 spiro atoms. The lowest BCUT2D eigenvalue weighted by molar-refractivity contribution is 0.195.